The number of nitrogen functional groups attached to an aromatic ring is 1. The average molecular weight is 164 g/mol. The summed E-state index contributed by atoms with van der Waals surface area (Å²) >= 11 is 0. The highest BCUT2D eigenvalue weighted by atomic mass is 19.1. The first-order valence-corrected chi connectivity index (χ1v) is 3.29. The van der Waals surface area contributed by atoms with Crippen LogP contribution < -0.4 is 5.73 Å². The molecule has 2 heterocycles. The van der Waals surface area contributed by atoms with Gasteiger partial charge in [0.25, 0.3) is 0 Å². The van der Waals surface area contributed by atoms with Crippen LogP contribution in [0.3, 0.4) is 0 Å². The number of nitrogens with two attached hydrogens (primary N) is 1. The summed E-state index contributed by atoms with van der Waals surface area (Å²) < 4.78 is 12.6. The maximum atomic E-state index is 12.6. The second-order valence-electron chi connectivity index (χ2n) is 2.28. The SMILES string of the molecule is Nc1ncnc2cc(F)ncc12. The lowest BCUT2D eigenvalue weighted by molar-refractivity contribution is 0.586. The van der Waals surface area contributed by atoms with Crippen molar-refractivity contribution < 1.29 is 4.39 Å². The third kappa shape index (κ3) is 0.952. The zero-order chi connectivity index (χ0) is 8.55. The molecule has 0 saturated carbocycles. The van der Waals surface area contributed by atoms with Crippen molar-refractivity contribution in [3.05, 3.63) is 24.5 Å². The molecule has 0 radical (unpaired) electrons. The molecule has 0 aliphatic carbocycles. The highest BCUT2D eigenvalue weighted by Gasteiger charge is 2.00. The Morgan fingerprint density at radius 2 is 2.08 bits per heavy atom. The summed E-state index contributed by atoms with van der Waals surface area (Å²) in [6.07, 6.45) is 2.61. The van der Waals surface area contributed by atoms with Gasteiger partial charge in [0.15, 0.2) is 0 Å². The van der Waals surface area contributed by atoms with Crippen LogP contribution in [0.2, 0.25) is 0 Å². The minimum absolute atomic E-state index is 0.313. The number of halogens is 1. The summed E-state index contributed by atoms with van der Waals surface area (Å²) in [6, 6.07) is 1.22. The van der Waals surface area contributed by atoms with Gasteiger partial charge in [-0.2, -0.15) is 4.39 Å². The molecule has 0 fully saturated rings. The number of anilines is 1. The minimum atomic E-state index is -0.569. The number of rotatable bonds is 0. The molecule has 0 bridgehead atoms. The Kier molecular flexibility index (Phi) is 1.36. The van der Waals surface area contributed by atoms with Crippen LogP contribution in [0.1, 0.15) is 0 Å². The lowest BCUT2D eigenvalue weighted by atomic mass is 10.3. The Morgan fingerprint density at radius 1 is 1.25 bits per heavy atom. The molecule has 4 nitrogen and oxygen atoms in total. The van der Waals surface area contributed by atoms with Crippen molar-refractivity contribution in [1.82, 2.24) is 15.0 Å². The van der Waals surface area contributed by atoms with E-state index < -0.39 is 5.95 Å². The summed E-state index contributed by atoms with van der Waals surface area (Å²) in [5.74, 6) is -0.256. The number of pyridine rings is 1. The highest BCUT2D eigenvalue weighted by molar-refractivity contribution is 5.86. The molecule has 5 heteroatoms. The number of hydrogen-bond acceptors (Lipinski definition) is 4. The van der Waals surface area contributed by atoms with Crippen LogP contribution in [0.25, 0.3) is 10.9 Å². The molecular weight excluding hydrogens is 159 g/mol. The molecule has 60 valence electrons. The van der Waals surface area contributed by atoms with Crippen molar-refractivity contribution in [2.45, 2.75) is 0 Å². The second-order valence-corrected chi connectivity index (χ2v) is 2.28. The second kappa shape index (κ2) is 2.37. The van der Waals surface area contributed by atoms with Gasteiger partial charge in [-0.05, 0) is 0 Å². The summed E-state index contributed by atoms with van der Waals surface area (Å²) in [4.78, 5) is 11.0. The van der Waals surface area contributed by atoms with E-state index in [1.54, 1.807) is 0 Å². The van der Waals surface area contributed by atoms with E-state index in [1.165, 1.54) is 18.6 Å². The Labute approximate surface area is 67.3 Å². The first-order chi connectivity index (χ1) is 5.77. The maximum absolute atomic E-state index is 12.6. The van der Waals surface area contributed by atoms with E-state index in [0.29, 0.717) is 16.7 Å². The fourth-order valence-electron chi connectivity index (χ4n) is 0.947. The summed E-state index contributed by atoms with van der Waals surface area (Å²) in [7, 11) is 0. The van der Waals surface area contributed by atoms with E-state index in [0.717, 1.165) is 0 Å². The maximum Gasteiger partial charge on any atom is 0.215 e. The lowest BCUT2D eigenvalue weighted by Gasteiger charge is -1.97. The van der Waals surface area contributed by atoms with Gasteiger partial charge < -0.3 is 5.73 Å². The molecule has 2 N–H and O–H groups in total. The molecule has 12 heavy (non-hydrogen) atoms. The smallest absolute Gasteiger partial charge is 0.215 e. The Bertz CT molecular complexity index is 429. The van der Waals surface area contributed by atoms with Gasteiger partial charge in [0, 0.05) is 12.3 Å². The molecular formula is C7H5FN4. The fraction of sp³-hybridized carbons (Fsp3) is 0. The van der Waals surface area contributed by atoms with Crippen molar-refractivity contribution in [2.24, 2.45) is 0 Å². The first kappa shape index (κ1) is 6.90. The summed E-state index contributed by atoms with van der Waals surface area (Å²) in [5.41, 5.74) is 5.96. The van der Waals surface area contributed by atoms with Gasteiger partial charge in [-0.1, -0.05) is 0 Å². The van der Waals surface area contributed by atoms with Gasteiger partial charge in [0.2, 0.25) is 5.95 Å². The van der Waals surface area contributed by atoms with Crippen molar-refractivity contribution >= 4 is 16.7 Å². The van der Waals surface area contributed by atoms with E-state index in [4.69, 9.17) is 5.73 Å². The van der Waals surface area contributed by atoms with Crippen LogP contribution in [-0.2, 0) is 0 Å². The van der Waals surface area contributed by atoms with E-state index in [9.17, 15) is 4.39 Å². The number of hydrogen-bond donors (Lipinski definition) is 1. The van der Waals surface area contributed by atoms with Gasteiger partial charge in [-0.25, -0.2) is 15.0 Å². The zero-order valence-corrected chi connectivity index (χ0v) is 6.03. The summed E-state index contributed by atoms with van der Waals surface area (Å²) in [5, 5.41) is 0.568. The van der Waals surface area contributed by atoms with Gasteiger partial charge in [0.05, 0.1) is 10.9 Å². The molecule has 2 aromatic heterocycles. The number of nitrogens with zero attached hydrogens (tertiary/aromatic N) is 3. The fourth-order valence-corrected chi connectivity index (χ4v) is 0.947. The average Bonchev–Trinajstić information content (AvgIpc) is 2.04. The van der Waals surface area contributed by atoms with Crippen LogP contribution in [0, 0.1) is 5.95 Å². The largest absolute Gasteiger partial charge is 0.383 e. The zero-order valence-electron chi connectivity index (χ0n) is 6.03. The summed E-state index contributed by atoms with van der Waals surface area (Å²) in [6.45, 7) is 0. The molecule has 0 amide bonds. The molecule has 0 spiro atoms. The van der Waals surface area contributed by atoms with Crippen molar-refractivity contribution in [3.8, 4) is 0 Å². The molecule has 0 aliphatic rings. The third-order valence-electron chi connectivity index (χ3n) is 1.52. The Balaban J connectivity index is 2.86. The van der Waals surface area contributed by atoms with E-state index in [1.807, 2.05) is 0 Å². The van der Waals surface area contributed by atoms with Crippen molar-refractivity contribution in [2.75, 3.05) is 5.73 Å². The predicted molar refractivity (Wildman–Crippen MR) is 41.7 cm³/mol. The van der Waals surface area contributed by atoms with Gasteiger partial charge >= 0.3 is 0 Å². The molecule has 0 unspecified atom stereocenters. The molecule has 2 aromatic rings. The van der Waals surface area contributed by atoms with Crippen molar-refractivity contribution in [1.29, 1.82) is 0 Å². The first-order valence-electron chi connectivity index (χ1n) is 3.29. The van der Waals surface area contributed by atoms with Crippen LogP contribution in [0.4, 0.5) is 10.2 Å². The molecule has 0 aromatic carbocycles. The molecule has 0 aliphatic heterocycles. The van der Waals surface area contributed by atoms with Gasteiger partial charge in [-0.15, -0.1) is 0 Å². The van der Waals surface area contributed by atoms with Crippen LogP contribution in [0.15, 0.2) is 18.6 Å². The lowest BCUT2D eigenvalue weighted by Crippen LogP contribution is -1.94. The molecule has 0 saturated heterocycles. The highest BCUT2D eigenvalue weighted by Crippen LogP contribution is 2.14. The van der Waals surface area contributed by atoms with Crippen LogP contribution in [0.5, 0.6) is 0 Å². The monoisotopic (exact) mass is 164 g/mol. The predicted octanol–water partition coefficient (Wildman–Crippen LogP) is 0.746. The quantitative estimate of drug-likeness (QED) is 0.583. The number of aromatic nitrogens is 3. The standard InChI is InChI=1S/C7H5FN4/c8-6-1-5-4(2-10-6)7(9)12-3-11-5/h1-3H,(H2,9,11,12). The van der Waals surface area contributed by atoms with Gasteiger partial charge in [0.1, 0.15) is 12.1 Å². The molecule has 0 atom stereocenters. The van der Waals surface area contributed by atoms with E-state index in [-0.39, 0.29) is 0 Å². The van der Waals surface area contributed by atoms with Crippen molar-refractivity contribution in [3.63, 3.8) is 0 Å². The Hall–Kier alpha value is -1.78. The van der Waals surface area contributed by atoms with Gasteiger partial charge in [-0.3, -0.25) is 0 Å². The van der Waals surface area contributed by atoms with Crippen LogP contribution in [-0.4, -0.2) is 15.0 Å². The molecule has 2 rings (SSSR count). The van der Waals surface area contributed by atoms with E-state index in [2.05, 4.69) is 15.0 Å². The third-order valence-corrected chi connectivity index (χ3v) is 1.52. The van der Waals surface area contributed by atoms with E-state index >= 15 is 0 Å². The minimum Gasteiger partial charge on any atom is -0.383 e. The van der Waals surface area contributed by atoms with Crippen LogP contribution >= 0.6 is 0 Å². The topological polar surface area (TPSA) is 64.7 Å². The normalized spacial score (nSPS) is 10.4. The Morgan fingerprint density at radius 3 is 2.92 bits per heavy atom. The number of fused-ring (bicyclic) bond motifs is 1.